The van der Waals surface area contributed by atoms with Crippen molar-refractivity contribution in [3.63, 3.8) is 0 Å². The molecule has 0 radical (unpaired) electrons. The van der Waals surface area contributed by atoms with Gasteiger partial charge < -0.3 is 24.7 Å². The van der Waals surface area contributed by atoms with Gasteiger partial charge in [-0.2, -0.15) is 0 Å². The van der Waals surface area contributed by atoms with E-state index in [-0.39, 0.29) is 25.7 Å². The smallest absolute Gasteiger partial charge is 0.332 e. The largest absolute Gasteiger partial charge is 0.396 e. The summed E-state index contributed by atoms with van der Waals surface area (Å²) in [5.74, 6) is -1.18. The molecule has 0 spiro atoms. The molecule has 0 saturated carbocycles. The van der Waals surface area contributed by atoms with Crippen LogP contribution in [0.15, 0.2) is 0 Å². The zero-order chi connectivity index (χ0) is 17.1. The second kappa shape index (κ2) is 7.22. The third kappa shape index (κ3) is 3.45. The number of aliphatic hydroxyl groups is 1. The summed E-state index contributed by atoms with van der Waals surface area (Å²) in [7, 11) is -9.35. The van der Waals surface area contributed by atoms with Crippen LogP contribution in [-0.4, -0.2) is 41.6 Å². The summed E-state index contributed by atoms with van der Waals surface area (Å²) < 4.78 is 24.1. The number of hydrogen-bond acceptors (Lipinski definition) is 3. The summed E-state index contributed by atoms with van der Waals surface area (Å²) in [6.07, 6.45) is 0.114. The molecular formula is C12H28O7P2. The lowest BCUT2D eigenvalue weighted by Crippen LogP contribution is -2.52. The first kappa shape index (κ1) is 21.3. The molecule has 0 unspecified atom stereocenters. The molecule has 0 bridgehead atoms. The molecule has 0 aliphatic carbocycles. The second-order valence-corrected chi connectivity index (χ2v) is 9.40. The normalized spacial score (nSPS) is 14.8. The van der Waals surface area contributed by atoms with Gasteiger partial charge in [0.05, 0.1) is 10.3 Å². The molecule has 0 aromatic rings. The van der Waals surface area contributed by atoms with E-state index in [1.54, 1.807) is 27.7 Å². The van der Waals surface area contributed by atoms with Gasteiger partial charge in [0.15, 0.2) is 0 Å². The molecule has 0 aromatic carbocycles. The number of aliphatic hydroxyl groups excluding tert-OH is 1. The van der Waals surface area contributed by atoms with Crippen LogP contribution in [0.3, 0.4) is 0 Å². The molecular weight excluding hydrogens is 318 g/mol. The molecule has 5 N–H and O–H groups in total. The van der Waals surface area contributed by atoms with Gasteiger partial charge in [-0.15, -0.1) is 0 Å². The van der Waals surface area contributed by atoms with Gasteiger partial charge >= 0.3 is 15.2 Å². The topological polar surface area (TPSA) is 135 Å². The van der Waals surface area contributed by atoms with Gasteiger partial charge in [-0.25, -0.2) is 0 Å². The van der Waals surface area contributed by atoms with Crippen LogP contribution in [0.1, 0.15) is 53.4 Å². The van der Waals surface area contributed by atoms with Gasteiger partial charge in [0.1, 0.15) is 0 Å². The summed E-state index contributed by atoms with van der Waals surface area (Å²) in [5.41, 5.74) is 0. The van der Waals surface area contributed by atoms with Gasteiger partial charge in [-0.05, 0) is 25.7 Å². The molecule has 0 heterocycles. The highest BCUT2D eigenvalue weighted by molar-refractivity contribution is 7.55. The third-order valence-electron chi connectivity index (χ3n) is 5.09. The molecule has 21 heavy (non-hydrogen) atoms. The van der Waals surface area contributed by atoms with E-state index in [0.717, 1.165) is 0 Å². The average molecular weight is 346 g/mol. The van der Waals surface area contributed by atoms with Gasteiger partial charge in [-0.3, -0.25) is 9.13 Å². The van der Waals surface area contributed by atoms with E-state index in [9.17, 15) is 33.8 Å². The van der Waals surface area contributed by atoms with Gasteiger partial charge in [-0.1, -0.05) is 27.7 Å². The Hall–Kier alpha value is 0.260. The van der Waals surface area contributed by atoms with Crippen molar-refractivity contribution in [3.05, 3.63) is 0 Å². The second-order valence-electron chi connectivity index (χ2n) is 5.44. The van der Waals surface area contributed by atoms with Gasteiger partial charge in [0, 0.05) is 12.5 Å². The fraction of sp³-hybridized carbons (Fsp3) is 1.00. The maximum absolute atomic E-state index is 12.1. The van der Waals surface area contributed by atoms with E-state index in [0.29, 0.717) is 0 Å². The monoisotopic (exact) mass is 346 g/mol. The molecule has 0 atom stereocenters. The predicted octanol–water partition coefficient (Wildman–Crippen LogP) is 2.07. The first-order chi connectivity index (χ1) is 9.44. The lowest BCUT2D eigenvalue weighted by Gasteiger charge is -2.49. The zero-order valence-corrected chi connectivity index (χ0v) is 14.8. The van der Waals surface area contributed by atoms with Crippen LogP contribution in [0.5, 0.6) is 0 Å². The number of rotatable bonds is 9. The van der Waals surface area contributed by atoms with Gasteiger partial charge in [0.2, 0.25) is 0 Å². The standard InChI is InChI=1S/C12H28O7P2/c1-5-11(6-2,20(14,15)16)10(9-13)12(7-3,8-4)21(17,18)19/h10,13H,5-9H2,1-4H3,(H2,14,15,16)(H2,17,18,19). The van der Waals surface area contributed by atoms with Crippen molar-refractivity contribution in [2.24, 2.45) is 5.92 Å². The summed E-state index contributed by atoms with van der Waals surface area (Å²) in [6, 6.07) is 0. The lowest BCUT2D eigenvalue weighted by atomic mass is 9.75. The van der Waals surface area contributed by atoms with Crippen molar-refractivity contribution in [1.29, 1.82) is 0 Å². The summed E-state index contributed by atoms with van der Waals surface area (Å²) in [4.78, 5) is 39.2. The van der Waals surface area contributed by atoms with E-state index in [4.69, 9.17) is 0 Å². The lowest BCUT2D eigenvalue weighted by molar-refractivity contribution is 0.105. The highest BCUT2D eigenvalue weighted by Crippen LogP contribution is 2.68. The molecule has 0 aromatic heterocycles. The molecule has 0 rings (SSSR count). The van der Waals surface area contributed by atoms with Crippen molar-refractivity contribution < 1.29 is 33.8 Å². The Labute approximate surface area is 126 Å². The van der Waals surface area contributed by atoms with Crippen LogP contribution in [0.2, 0.25) is 0 Å². The summed E-state index contributed by atoms with van der Waals surface area (Å²) >= 11 is 0. The highest BCUT2D eigenvalue weighted by Gasteiger charge is 2.61. The number of hydrogen-bond donors (Lipinski definition) is 5. The Morgan fingerprint density at radius 2 is 1.00 bits per heavy atom. The predicted molar refractivity (Wildman–Crippen MR) is 81.3 cm³/mol. The molecule has 128 valence electrons. The Morgan fingerprint density at radius 3 is 1.10 bits per heavy atom. The van der Waals surface area contributed by atoms with Crippen LogP contribution in [-0.2, 0) is 9.13 Å². The molecule has 0 fully saturated rings. The SMILES string of the molecule is CCC(CC)(C(CO)C(CC)(CC)P(=O)(O)O)P(=O)(O)O. The van der Waals surface area contributed by atoms with Gasteiger partial charge in [0.25, 0.3) is 0 Å². The van der Waals surface area contributed by atoms with Crippen molar-refractivity contribution in [1.82, 2.24) is 0 Å². The average Bonchev–Trinajstić information content (AvgIpc) is 2.36. The zero-order valence-electron chi connectivity index (χ0n) is 13.1. The molecule has 9 heteroatoms. The van der Waals surface area contributed by atoms with E-state index >= 15 is 0 Å². The fourth-order valence-electron chi connectivity index (χ4n) is 3.56. The van der Waals surface area contributed by atoms with Crippen molar-refractivity contribution in [3.8, 4) is 0 Å². The highest BCUT2D eigenvalue weighted by atomic mass is 31.2. The summed E-state index contributed by atoms with van der Waals surface area (Å²) in [5, 5.41) is 6.47. The minimum absolute atomic E-state index is 0.0285. The Balaban J connectivity index is 6.42. The molecule has 0 aliphatic rings. The van der Waals surface area contributed by atoms with E-state index in [1.165, 1.54) is 0 Å². The van der Waals surface area contributed by atoms with Crippen LogP contribution in [0.25, 0.3) is 0 Å². The minimum atomic E-state index is -4.68. The van der Waals surface area contributed by atoms with E-state index < -0.39 is 38.0 Å². The van der Waals surface area contributed by atoms with E-state index in [2.05, 4.69) is 0 Å². The Morgan fingerprint density at radius 1 is 0.762 bits per heavy atom. The Kier molecular flexibility index (Phi) is 7.31. The molecule has 0 amide bonds. The first-order valence-corrected chi connectivity index (χ1v) is 10.4. The maximum Gasteiger partial charge on any atom is 0.332 e. The van der Waals surface area contributed by atoms with Crippen LogP contribution in [0, 0.1) is 5.92 Å². The molecule has 0 aliphatic heterocycles. The van der Waals surface area contributed by atoms with Crippen molar-refractivity contribution in [2.75, 3.05) is 6.61 Å². The Bertz CT molecular complexity index is 379. The van der Waals surface area contributed by atoms with Crippen LogP contribution in [0.4, 0.5) is 0 Å². The molecule has 7 nitrogen and oxygen atoms in total. The first-order valence-electron chi connectivity index (χ1n) is 7.16. The fourth-order valence-corrected chi connectivity index (χ4v) is 6.77. The summed E-state index contributed by atoms with van der Waals surface area (Å²) in [6.45, 7) is 5.60. The molecule has 0 saturated heterocycles. The van der Waals surface area contributed by atoms with E-state index in [1.807, 2.05) is 0 Å². The quantitative estimate of drug-likeness (QED) is 0.403. The van der Waals surface area contributed by atoms with Crippen molar-refractivity contribution >= 4 is 15.2 Å². The van der Waals surface area contributed by atoms with Crippen LogP contribution < -0.4 is 0 Å². The van der Waals surface area contributed by atoms with Crippen molar-refractivity contribution in [2.45, 2.75) is 63.7 Å². The maximum atomic E-state index is 12.1. The minimum Gasteiger partial charge on any atom is -0.396 e. The third-order valence-corrected chi connectivity index (χ3v) is 9.30. The van der Waals surface area contributed by atoms with Crippen LogP contribution >= 0.6 is 15.2 Å².